The number of halogens is 3. The maximum atomic E-state index is 14.5. The Bertz CT molecular complexity index is 837. The molecule has 156 valence electrons. The molecular weight excluding hydrogens is 410 g/mol. The summed E-state index contributed by atoms with van der Waals surface area (Å²) in [6, 6.07) is 13.0. The van der Waals surface area contributed by atoms with Crippen LogP contribution in [0, 0.1) is 11.7 Å². The Morgan fingerprint density at radius 3 is 2.55 bits per heavy atom. The van der Waals surface area contributed by atoms with E-state index in [1.165, 1.54) is 11.6 Å². The van der Waals surface area contributed by atoms with Gasteiger partial charge in [-0.3, -0.25) is 4.79 Å². The van der Waals surface area contributed by atoms with Crippen molar-refractivity contribution in [2.75, 3.05) is 26.2 Å². The highest BCUT2D eigenvalue weighted by Gasteiger charge is 2.29. The van der Waals surface area contributed by atoms with Gasteiger partial charge < -0.3 is 10.2 Å². The standard InChI is InChI=1S/C23H26ClFN2O.ClH/c24-20-4-1-16(2-5-20)13-17-9-12-27(15-17)23(28)21-14-19(3-6-22(21)25)18-7-10-26-11-8-18;/h1-6,14,17-18,26H,7-13,15H2;1H. The molecule has 1 N–H and O–H groups in total. The third-order valence-electron chi connectivity index (χ3n) is 6.04. The molecule has 2 aliphatic rings. The fourth-order valence-electron chi connectivity index (χ4n) is 4.42. The Labute approximate surface area is 183 Å². The molecule has 0 spiro atoms. The van der Waals surface area contributed by atoms with Crippen LogP contribution in [0.25, 0.3) is 0 Å². The van der Waals surface area contributed by atoms with Gasteiger partial charge in [0.15, 0.2) is 0 Å². The second kappa shape index (κ2) is 9.92. The van der Waals surface area contributed by atoms with Gasteiger partial charge in [0.25, 0.3) is 5.91 Å². The van der Waals surface area contributed by atoms with Crippen LogP contribution in [-0.2, 0) is 6.42 Å². The first kappa shape index (κ1) is 22.1. The van der Waals surface area contributed by atoms with Crippen molar-refractivity contribution in [2.24, 2.45) is 5.92 Å². The molecule has 0 aliphatic carbocycles. The van der Waals surface area contributed by atoms with Crippen LogP contribution in [0.15, 0.2) is 42.5 Å². The van der Waals surface area contributed by atoms with E-state index >= 15 is 0 Å². The molecule has 1 atom stereocenters. The summed E-state index contributed by atoms with van der Waals surface area (Å²) in [4.78, 5) is 14.8. The zero-order valence-corrected chi connectivity index (χ0v) is 17.9. The largest absolute Gasteiger partial charge is 0.338 e. The number of piperidine rings is 1. The molecule has 6 heteroatoms. The fourth-order valence-corrected chi connectivity index (χ4v) is 4.55. The minimum Gasteiger partial charge on any atom is -0.338 e. The lowest BCUT2D eigenvalue weighted by Crippen LogP contribution is -2.30. The number of hydrogen-bond donors (Lipinski definition) is 1. The van der Waals surface area contributed by atoms with Gasteiger partial charge in [-0.1, -0.05) is 29.8 Å². The van der Waals surface area contributed by atoms with Crippen molar-refractivity contribution >= 4 is 29.9 Å². The van der Waals surface area contributed by atoms with E-state index in [0.717, 1.165) is 49.4 Å². The first-order chi connectivity index (χ1) is 13.6. The Kier molecular flexibility index (Phi) is 7.55. The zero-order chi connectivity index (χ0) is 19.5. The number of likely N-dealkylation sites (tertiary alicyclic amines) is 1. The molecule has 2 fully saturated rings. The van der Waals surface area contributed by atoms with E-state index in [1.807, 2.05) is 35.2 Å². The molecule has 2 aromatic rings. The molecule has 1 amide bonds. The molecule has 0 bridgehead atoms. The van der Waals surface area contributed by atoms with Crippen molar-refractivity contribution in [1.29, 1.82) is 0 Å². The molecular formula is C23H27Cl2FN2O. The number of carbonyl (C=O) groups excluding carboxylic acids is 1. The Morgan fingerprint density at radius 1 is 1.10 bits per heavy atom. The summed E-state index contributed by atoms with van der Waals surface area (Å²) in [5, 5.41) is 4.08. The highest BCUT2D eigenvalue weighted by Crippen LogP contribution is 2.29. The summed E-state index contributed by atoms with van der Waals surface area (Å²) < 4.78 is 14.5. The smallest absolute Gasteiger partial charge is 0.256 e. The van der Waals surface area contributed by atoms with Gasteiger partial charge in [-0.05, 0) is 86.0 Å². The number of hydrogen-bond acceptors (Lipinski definition) is 2. The number of benzene rings is 2. The topological polar surface area (TPSA) is 32.3 Å². The van der Waals surface area contributed by atoms with E-state index in [0.29, 0.717) is 24.9 Å². The SMILES string of the molecule is Cl.O=C(c1cc(C2CCNCC2)ccc1F)N1CCC(Cc2ccc(Cl)cc2)C1. The summed E-state index contributed by atoms with van der Waals surface area (Å²) in [5.74, 6) is 0.223. The minimum atomic E-state index is -0.413. The average Bonchev–Trinajstić information content (AvgIpc) is 3.19. The van der Waals surface area contributed by atoms with Gasteiger partial charge in [0.05, 0.1) is 5.56 Å². The van der Waals surface area contributed by atoms with Crippen molar-refractivity contribution in [3.63, 3.8) is 0 Å². The van der Waals surface area contributed by atoms with Gasteiger partial charge in [0.1, 0.15) is 5.82 Å². The normalized spacial score (nSPS) is 19.8. The van der Waals surface area contributed by atoms with Crippen LogP contribution in [0.3, 0.4) is 0 Å². The van der Waals surface area contributed by atoms with Crippen LogP contribution < -0.4 is 5.32 Å². The maximum absolute atomic E-state index is 14.5. The molecule has 2 heterocycles. The van der Waals surface area contributed by atoms with Gasteiger partial charge >= 0.3 is 0 Å². The quantitative estimate of drug-likeness (QED) is 0.724. The first-order valence-electron chi connectivity index (χ1n) is 10.1. The molecule has 2 aromatic carbocycles. The molecule has 4 rings (SSSR count). The van der Waals surface area contributed by atoms with E-state index in [-0.39, 0.29) is 23.9 Å². The maximum Gasteiger partial charge on any atom is 0.256 e. The summed E-state index contributed by atoms with van der Waals surface area (Å²) in [6.45, 7) is 3.32. The molecule has 0 aromatic heterocycles. The number of amides is 1. The van der Waals surface area contributed by atoms with Gasteiger partial charge in [0.2, 0.25) is 0 Å². The van der Waals surface area contributed by atoms with Crippen molar-refractivity contribution in [3.05, 3.63) is 70.0 Å². The van der Waals surface area contributed by atoms with Crippen molar-refractivity contribution in [3.8, 4) is 0 Å². The molecule has 29 heavy (non-hydrogen) atoms. The van der Waals surface area contributed by atoms with E-state index < -0.39 is 5.82 Å². The third kappa shape index (κ3) is 5.30. The third-order valence-corrected chi connectivity index (χ3v) is 6.29. The fraction of sp³-hybridized carbons (Fsp3) is 0.435. The average molecular weight is 437 g/mol. The Hall–Kier alpha value is -1.62. The summed E-state index contributed by atoms with van der Waals surface area (Å²) in [7, 11) is 0. The van der Waals surface area contributed by atoms with E-state index in [4.69, 9.17) is 11.6 Å². The number of rotatable bonds is 4. The lowest BCUT2D eigenvalue weighted by atomic mass is 9.89. The van der Waals surface area contributed by atoms with E-state index in [9.17, 15) is 9.18 Å². The van der Waals surface area contributed by atoms with Crippen LogP contribution in [0.4, 0.5) is 4.39 Å². The highest BCUT2D eigenvalue weighted by atomic mass is 35.5. The Balaban J connectivity index is 0.00000240. The van der Waals surface area contributed by atoms with Gasteiger partial charge in [-0.15, -0.1) is 12.4 Å². The summed E-state index contributed by atoms with van der Waals surface area (Å²) in [6.07, 6.45) is 3.93. The van der Waals surface area contributed by atoms with Crippen LogP contribution in [0.5, 0.6) is 0 Å². The number of carbonyl (C=O) groups is 1. The van der Waals surface area contributed by atoms with Crippen LogP contribution in [0.1, 0.15) is 46.7 Å². The predicted octanol–water partition coefficient (Wildman–Crippen LogP) is 5.07. The molecule has 0 saturated carbocycles. The zero-order valence-electron chi connectivity index (χ0n) is 16.4. The summed E-state index contributed by atoms with van der Waals surface area (Å²) in [5.41, 5.74) is 2.54. The summed E-state index contributed by atoms with van der Waals surface area (Å²) >= 11 is 5.95. The predicted molar refractivity (Wildman–Crippen MR) is 118 cm³/mol. The van der Waals surface area contributed by atoms with E-state index in [2.05, 4.69) is 5.32 Å². The van der Waals surface area contributed by atoms with E-state index in [1.54, 1.807) is 6.07 Å². The van der Waals surface area contributed by atoms with Crippen molar-refractivity contribution in [2.45, 2.75) is 31.6 Å². The molecule has 3 nitrogen and oxygen atoms in total. The second-order valence-electron chi connectivity index (χ2n) is 8.00. The lowest BCUT2D eigenvalue weighted by Gasteiger charge is -2.24. The number of nitrogens with one attached hydrogen (secondary N) is 1. The second-order valence-corrected chi connectivity index (χ2v) is 8.44. The first-order valence-corrected chi connectivity index (χ1v) is 10.5. The van der Waals surface area contributed by atoms with Crippen LogP contribution in [0.2, 0.25) is 5.02 Å². The molecule has 0 radical (unpaired) electrons. The molecule has 2 aliphatic heterocycles. The lowest BCUT2D eigenvalue weighted by molar-refractivity contribution is 0.0782. The van der Waals surface area contributed by atoms with Crippen molar-refractivity contribution in [1.82, 2.24) is 10.2 Å². The van der Waals surface area contributed by atoms with Gasteiger partial charge in [-0.25, -0.2) is 4.39 Å². The van der Waals surface area contributed by atoms with Crippen LogP contribution in [-0.4, -0.2) is 37.0 Å². The highest BCUT2D eigenvalue weighted by molar-refractivity contribution is 6.30. The van der Waals surface area contributed by atoms with Gasteiger partial charge in [0, 0.05) is 18.1 Å². The minimum absolute atomic E-state index is 0. The number of nitrogens with zero attached hydrogens (tertiary/aromatic N) is 1. The Morgan fingerprint density at radius 2 is 1.83 bits per heavy atom. The van der Waals surface area contributed by atoms with Crippen molar-refractivity contribution < 1.29 is 9.18 Å². The molecule has 2 saturated heterocycles. The molecule has 1 unspecified atom stereocenters. The monoisotopic (exact) mass is 436 g/mol. The van der Waals surface area contributed by atoms with Gasteiger partial charge in [-0.2, -0.15) is 0 Å². The van der Waals surface area contributed by atoms with Crippen LogP contribution >= 0.6 is 24.0 Å².